The van der Waals surface area contributed by atoms with Crippen LogP contribution in [-0.4, -0.2) is 35.5 Å². The molecule has 0 saturated carbocycles. The molecule has 10 heavy (non-hydrogen) atoms. The fourth-order valence-corrected chi connectivity index (χ4v) is 0.675. The first-order chi connectivity index (χ1) is 4.70. The maximum atomic E-state index is 8.85. The molecule has 0 rings (SSSR count). The molecule has 3 heteroatoms. The molecule has 0 aromatic carbocycles. The Bertz CT molecular complexity index is 72.0. The summed E-state index contributed by atoms with van der Waals surface area (Å²) in [6.45, 7) is 4.41. The quantitative estimate of drug-likeness (QED) is 0.501. The summed E-state index contributed by atoms with van der Waals surface area (Å²) in [5, 5.41) is 20.6. The van der Waals surface area contributed by atoms with E-state index in [0.717, 1.165) is 6.42 Å². The van der Waals surface area contributed by atoms with E-state index in [9.17, 15) is 0 Å². The second kappa shape index (κ2) is 5.65. The molecule has 0 aromatic rings. The smallest absolute Gasteiger partial charge is 0.0636 e. The number of nitrogens with one attached hydrogen (secondary N) is 1. The van der Waals surface area contributed by atoms with Gasteiger partial charge in [0.1, 0.15) is 0 Å². The molecule has 0 heterocycles. The lowest BCUT2D eigenvalue weighted by Crippen LogP contribution is -2.36. The van der Waals surface area contributed by atoms with Crippen molar-refractivity contribution in [3.05, 3.63) is 0 Å². The maximum Gasteiger partial charge on any atom is 0.0636 e. The Morgan fingerprint density at radius 1 is 1.50 bits per heavy atom. The van der Waals surface area contributed by atoms with E-state index >= 15 is 0 Å². The normalized spacial score (nSPS) is 16.8. The molecule has 0 fully saturated rings. The zero-order chi connectivity index (χ0) is 7.98. The van der Waals surface area contributed by atoms with Gasteiger partial charge in [-0.15, -0.1) is 0 Å². The van der Waals surface area contributed by atoms with Gasteiger partial charge in [0.25, 0.3) is 0 Å². The first-order valence-electron chi connectivity index (χ1n) is 3.73. The average molecular weight is 147 g/mol. The van der Waals surface area contributed by atoms with Crippen molar-refractivity contribution in [2.75, 3.05) is 13.2 Å². The SMILES string of the molecule is CCC(CO)NCC(C)O. The minimum absolute atomic E-state index is 0.134. The topological polar surface area (TPSA) is 52.5 Å². The van der Waals surface area contributed by atoms with E-state index < -0.39 is 0 Å². The molecule has 0 aliphatic rings. The Kier molecular flexibility index (Phi) is 5.58. The molecule has 2 atom stereocenters. The van der Waals surface area contributed by atoms with E-state index in [4.69, 9.17) is 10.2 Å². The van der Waals surface area contributed by atoms with Crippen LogP contribution in [0.3, 0.4) is 0 Å². The van der Waals surface area contributed by atoms with Gasteiger partial charge in [0.05, 0.1) is 12.7 Å². The van der Waals surface area contributed by atoms with E-state index in [1.54, 1.807) is 6.92 Å². The van der Waals surface area contributed by atoms with Gasteiger partial charge < -0.3 is 15.5 Å². The fraction of sp³-hybridized carbons (Fsp3) is 1.00. The highest BCUT2D eigenvalue weighted by Crippen LogP contribution is 1.88. The van der Waals surface area contributed by atoms with Crippen LogP contribution in [0.25, 0.3) is 0 Å². The third kappa shape index (κ3) is 4.73. The van der Waals surface area contributed by atoms with E-state index in [2.05, 4.69) is 5.32 Å². The van der Waals surface area contributed by atoms with Crippen molar-refractivity contribution in [2.24, 2.45) is 0 Å². The first kappa shape index (κ1) is 9.88. The lowest BCUT2D eigenvalue weighted by molar-refractivity contribution is 0.171. The number of aliphatic hydroxyl groups excluding tert-OH is 2. The van der Waals surface area contributed by atoms with Gasteiger partial charge >= 0.3 is 0 Å². The van der Waals surface area contributed by atoms with Gasteiger partial charge in [0.15, 0.2) is 0 Å². The third-order valence-electron chi connectivity index (χ3n) is 1.42. The molecule has 0 radical (unpaired) electrons. The van der Waals surface area contributed by atoms with Crippen molar-refractivity contribution in [1.29, 1.82) is 0 Å². The Labute approximate surface area is 62.1 Å². The van der Waals surface area contributed by atoms with E-state index in [0.29, 0.717) is 6.54 Å². The number of hydrogen-bond donors (Lipinski definition) is 3. The van der Waals surface area contributed by atoms with E-state index in [1.807, 2.05) is 6.92 Å². The van der Waals surface area contributed by atoms with Crippen LogP contribution >= 0.6 is 0 Å². The van der Waals surface area contributed by atoms with Crippen LogP contribution in [0.4, 0.5) is 0 Å². The average Bonchev–Trinajstić information content (AvgIpc) is 1.90. The second-order valence-electron chi connectivity index (χ2n) is 2.55. The van der Waals surface area contributed by atoms with E-state index in [1.165, 1.54) is 0 Å². The van der Waals surface area contributed by atoms with Crippen LogP contribution in [0.2, 0.25) is 0 Å². The van der Waals surface area contributed by atoms with Gasteiger partial charge in [-0.3, -0.25) is 0 Å². The van der Waals surface area contributed by atoms with E-state index in [-0.39, 0.29) is 18.8 Å². The highest BCUT2D eigenvalue weighted by molar-refractivity contribution is 4.64. The molecule has 3 nitrogen and oxygen atoms in total. The standard InChI is InChI=1S/C7H17NO2/c1-3-7(5-9)8-4-6(2)10/h6-10H,3-5H2,1-2H3. The predicted molar refractivity (Wildman–Crippen MR) is 40.8 cm³/mol. The summed E-state index contributed by atoms with van der Waals surface area (Å²) in [4.78, 5) is 0. The van der Waals surface area contributed by atoms with Crippen molar-refractivity contribution in [3.63, 3.8) is 0 Å². The molecule has 2 unspecified atom stereocenters. The molecular weight excluding hydrogens is 130 g/mol. The van der Waals surface area contributed by atoms with Gasteiger partial charge in [-0.05, 0) is 13.3 Å². The molecule has 0 aliphatic carbocycles. The molecule has 3 N–H and O–H groups in total. The van der Waals surface area contributed by atoms with Crippen molar-refractivity contribution in [1.82, 2.24) is 5.32 Å². The number of hydrogen-bond acceptors (Lipinski definition) is 3. The second-order valence-corrected chi connectivity index (χ2v) is 2.55. The van der Waals surface area contributed by atoms with Gasteiger partial charge in [-0.2, -0.15) is 0 Å². The van der Waals surface area contributed by atoms with Crippen molar-refractivity contribution in [2.45, 2.75) is 32.4 Å². The fourth-order valence-electron chi connectivity index (χ4n) is 0.675. The number of rotatable bonds is 5. The Morgan fingerprint density at radius 2 is 2.10 bits per heavy atom. The van der Waals surface area contributed by atoms with Crippen LogP contribution in [0.1, 0.15) is 20.3 Å². The summed E-state index contributed by atoms with van der Waals surface area (Å²) >= 11 is 0. The minimum atomic E-state index is -0.333. The molecule has 0 bridgehead atoms. The Morgan fingerprint density at radius 3 is 2.40 bits per heavy atom. The zero-order valence-corrected chi connectivity index (χ0v) is 6.67. The van der Waals surface area contributed by atoms with Crippen LogP contribution in [-0.2, 0) is 0 Å². The highest BCUT2D eigenvalue weighted by Gasteiger charge is 2.03. The van der Waals surface area contributed by atoms with Crippen molar-refractivity contribution >= 4 is 0 Å². The molecule has 62 valence electrons. The van der Waals surface area contributed by atoms with Gasteiger partial charge in [-0.1, -0.05) is 6.92 Å². The third-order valence-corrected chi connectivity index (χ3v) is 1.42. The summed E-state index contributed by atoms with van der Waals surface area (Å²) < 4.78 is 0. The zero-order valence-electron chi connectivity index (χ0n) is 6.67. The minimum Gasteiger partial charge on any atom is -0.395 e. The first-order valence-corrected chi connectivity index (χ1v) is 3.73. The van der Waals surface area contributed by atoms with Gasteiger partial charge in [0.2, 0.25) is 0 Å². The number of aliphatic hydroxyl groups is 2. The van der Waals surface area contributed by atoms with Crippen LogP contribution in [0, 0.1) is 0 Å². The summed E-state index contributed by atoms with van der Waals surface area (Å²) in [5.41, 5.74) is 0. The summed E-state index contributed by atoms with van der Waals surface area (Å²) in [7, 11) is 0. The van der Waals surface area contributed by atoms with Crippen molar-refractivity contribution in [3.8, 4) is 0 Å². The van der Waals surface area contributed by atoms with Crippen LogP contribution in [0.15, 0.2) is 0 Å². The maximum absolute atomic E-state index is 8.85. The molecule has 0 amide bonds. The Hall–Kier alpha value is -0.120. The lowest BCUT2D eigenvalue weighted by atomic mass is 10.2. The lowest BCUT2D eigenvalue weighted by Gasteiger charge is -2.14. The largest absolute Gasteiger partial charge is 0.395 e. The summed E-state index contributed by atoms with van der Waals surface area (Å²) in [6, 6.07) is 0.134. The molecule has 0 spiro atoms. The van der Waals surface area contributed by atoms with Crippen LogP contribution in [0.5, 0.6) is 0 Å². The van der Waals surface area contributed by atoms with Crippen molar-refractivity contribution < 1.29 is 10.2 Å². The predicted octanol–water partition coefficient (Wildman–Crippen LogP) is -0.272. The van der Waals surface area contributed by atoms with Crippen LogP contribution < -0.4 is 5.32 Å². The van der Waals surface area contributed by atoms with Gasteiger partial charge in [0, 0.05) is 12.6 Å². The molecule has 0 aliphatic heterocycles. The Balaban J connectivity index is 3.26. The van der Waals surface area contributed by atoms with Gasteiger partial charge in [-0.25, -0.2) is 0 Å². The summed E-state index contributed by atoms with van der Waals surface area (Å²) in [5.74, 6) is 0. The molecule has 0 aromatic heterocycles. The highest BCUT2D eigenvalue weighted by atomic mass is 16.3. The molecular formula is C7H17NO2. The molecule has 0 saturated heterocycles. The monoisotopic (exact) mass is 147 g/mol. The summed E-state index contributed by atoms with van der Waals surface area (Å²) in [6.07, 6.45) is 0.559.